The van der Waals surface area contributed by atoms with Crippen LogP contribution < -0.4 is 5.56 Å². The molecule has 0 aliphatic carbocycles. The van der Waals surface area contributed by atoms with Crippen molar-refractivity contribution >= 4 is 22.5 Å². The van der Waals surface area contributed by atoms with Gasteiger partial charge >= 0.3 is 0 Å². The van der Waals surface area contributed by atoms with Gasteiger partial charge in [0.05, 0.1) is 11.4 Å². The molecule has 0 radical (unpaired) electrons. The highest BCUT2D eigenvalue weighted by atomic mass is 35.5. The second-order valence-electron chi connectivity index (χ2n) is 7.60. The number of nitrogens with zero attached hydrogens (tertiary/aromatic N) is 1. The minimum atomic E-state index is -0.122. The summed E-state index contributed by atoms with van der Waals surface area (Å²) in [6.45, 7) is 2.04. The Morgan fingerprint density at radius 2 is 1.42 bits per heavy atom. The number of hydrogen-bond donors (Lipinski definition) is 1. The molecule has 0 fully saturated rings. The Morgan fingerprint density at radius 3 is 2.13 bits per heavy atom. The van der Waals surface area contributed by atoms with Gasteiger partial charge in [-0.1, -0.05) is 65.7 Å². The summed E-state index contributed by atoms with van der Waals surface area (Å²) in [6.07, 6.45) is 0. The summed E-state index contributed by atoms with van der Waals surface area (Å²) in [4.78, 5) is 20.9. The molecule has 150 valence electrons. The third kappa shape index (κ3) is 3.88. The molecule has 0 atom stereocenters. The third-order valence-electron chi connectivity index (χ3n) is 5.35. The van der Waals surface area contributed by atoms with Gasteiger partial charge in [0.15, 0.2) is 0 Å². The van der Waals surface area contributed by atoms with Crippen LogP contribution >= 0.6 is 11.6 Å². The van der Waals surface area contributed by atoms with E-state index in [0.717, 1.165) is 44.5 Å². The van der Waals surface area contributed by atoms with E-state index in [9.17, 15) is 4.79 Å². The number of rotatable bonds is 3. The van der Waals surface area contributed by atoms with Crippen molar-refractivity contribution in [2.45, 2.75) is 6.92 Å². The zero-order chi connectivity index (χ0) is 21.4. The lowest BCUT2D eigenvalue weighted by atomic mass is 9.99. The van der Waals surface area contributed by atoms with E-state index < -0.39 is 0 Å². The zero-order valence-corrected chi connectivity index (χ0v) is 17.6. The van der Waals surface area contributed by atoms with Crippen molar-refractivity contribution in [3.05, 3.63) is 112 Å². The van der Waals surface area contributed by atoms with Crippen molar-refractivity contribution in [2.24, 2.45) is 0 Å². The average Bonchev–Trinajstić information content (AvgIpc) is 2.79. The Labute approximate surface area is 185 Å². The largest absolute Gasteiger partial charge is 0.321 e. The van der Waals surface area contributed by atoms with Crippen LogP contribution in [-0.2, 0) is 0 Å². The molecule has 0 spiro atoms. The number of H-pyrrole nitrogens is 1. The summed E-state index contributed by atoms with van der Waals surface area (Å²) in [5, 5.41) is 1.67. The Bertz CT molecular complexity index is 1460. The predicted molar refractivity (Wildman–Crippen MR) is 128 cm³/mol. The van der Waals surface area contributed by atoms with Crippen molar-refractivity contribution in [3.63, 3.8) is 0 Å². The smallest absolute Gasteiger partial charge is 0.256 e. The lowest BCUT2D eigenvalue weighted by Crippen LogP contribution is -2.09. The Balaban J connectivity index is 1.75. The quantitative estimate of drug-likeness (QED) is 0.344. The van der Waals surface area contributed by atoms with E-state index in [0.29, 0.717) is 10.6 Å². The summed E-state index contributed by atoms with van der Waals surface area (Å²) < 4.78 is 0. The minimum Gasteiger partial charge on any atom is -0.321 e. The van der Waals surface area contributed by atoms with E-state index in [4.69, 9.17) is 16.6 Å². The standard InChI is InChI=1S/C27H19ClN2O/c1-17-7-12-24-21(13-17)14-23(27(31)30-24)20-15-25(18-5-3-2-4-6-18)29-26(16-20)19-8-10-22(28)11-9-19/h2-16H,1H3,(H,30,31). The number of pyridine rings is 2. The summed E-state index contributed by atoms with van der Waals surface area (Å²) in [6, 6.07) is 29.5. The molecule has 2 aromatic heterocycles. The summed E-state index contributed by atoms with van der Waals surface area (Å²) in [7, 11) is 0. The van der Waals surface area contributed by atoms with Gasteiger partial charge in [0.1, 0.15) is 0 Å². The molecule has 0 saturated heterocycles. The first-order chi connectivity index (χ1) is 15.1. The molecular formula is C27H19ClN2O. The third-order valence-corrected chi connectivity index (χ3v) is 5.60. The van der Waals surface area contributed by atoms with Crippen molar-refractivity contribution < 1.29 is 0 Å². The maximum atomic E-state index is 13.0. The molecule has 31 heavy (non-hydrogen) atoms. The molecule has 1 N–H and O–H groups in total. The fourth-order valence-corrected chi connectivity index (χ4v) is 3.88. The van der Waals surface area contributed by atoms with E-state index in [2.05, 4.69) is 11.1 Å². The van der Waals surface area contributed by atoms with Crippen LogP contribution in [-0.4, -0.2) is 9.97 Å². The number of fused-ring (bicyclic) bond motifs is 1. The number of aromatic nitrogens is 2. The number of benzene rings is 3. The molecule has 0 aliphatic rings. The van der Waals surface area contributed by atoms with Crippen molar-refractivity contribution in [1.29, 1.82) is 0 Å². The second kappa shape index (κ2) is 7.86. The highest BCUT2D eigenvalue weighted by Crippen LogP contribution is 2.30. The number of aryl methyl sites for hydroxylation is 1. The first-order valence-electron chi connectivity index (χ1n) is 10.0. The Morgan fingerprint density at radius 1 is 0.742 bits per heavy atom. The highest BCUT2D eigenvalue weighted by Gasteiger charge is 2.12. The van der Waals surface area contributed by atoms with Crippen LogP contribution in [0, 0.1) is 6.92 Å². The van der Waals surface area contributed by atoms with Gasteiger partial charge in [-0.05, 0) is 60.3 Å². The van der Waals surface area contributed by atoms with Crippen LogP contribution in [0.4, 0.5) is 0 Å². The Hall–Kier alpha value is -3.69. The molecule has 3 nitrogen and oxygen atoms in total. The van der Waals surface area contributed by atoms with Crippen molar-refractivity contribution in [3.8, 4) is 33.6 Å². The van der Waals surface area contributed by atoms with Gasteiger partial charge in [0, 0.05) is 27.2 Å². The van der Waals surface area contributed by atoms with Gasteiger partial charge in [0.25, 0.3) is 5.56 Å². The Kier molecular flexibility index (Phi) is 4.89. The SMILES string of the molecule is Cc1ccc2[nH]c(=O)c(-c3cc(-c4ccccc4)nc(-c4ccc(Cl)cc4)c3)cc2c1. The molecule has 0 amide bonds. The van der Waals surface area contributed by atoms with Crippen LogP contribution in [0.3, 0.4) is 0 Å². The van der Waals surface area contributed by atoms with E-state index in [1.165, 1.54) is 0 Å². The molecule has 0 unspecified atom stereocenters. The van der Waals surface area contributed by atoms with Gasteiger partial charge in [-0.25, -0.2) is 4.98 Å². The van der Waals surface area contributed by atoms with E-state index in [1.807, 2.05) is 91.9 Å². The average molecular weight is 423 g/mol. The summed E-state index contributed by atoms with van der Waals surface area (Å²) >= 11 is 6.08. The van der Waals surface area contributed by atoms with Gasteiger partial charge < -0.3 is 4.98 Å². The fourth-order valence-electron chi connectivity index (χ4n) is 3.75. The second-order valence-corrected chi connectivity index (χ2v) is 8.04. The molecule has 2 heterocycles. The van der Waals surface area contributed by atoms with Crippen molar-refractivity contribution in [1.82, 2.24) is 9.97 Å². The molecule has 3 aromatic carbocycles. The van der Waals surface area contributed by atoms with E-state index in [1.54, 1.807) is 0 Å². The van der Waals surface area contributed by atoms with Crippen LogP contribution in [0.15, 0.2) is 95.8 Å². The maximum absolute atomic E-state index is 13.0. The van der Waals surface area contributed by atoms with Crippen LogP contribution in [0.2, 0.25) is 5.02 Å². The van der Waals surface area contributed by atoms with E-state index in [-0.39, 0.29) is 5.56 Å². The van der Waals surface area contributed by atoms with Gasteiger partial charge in [-0.15, -0.1) is 0 Å². The molecule has 5 aromatic rings. The first kappa shape index (κ1) is 19.3. The predicted octanol–water partition coefficient (Wildman–Crippen LogP) is 6.89. The van der Waals surface area contributed by atoms with Crippen LogP contribution in [0.1, 0.15) is 5.56 Å². The number of hydrogen-bond acceptors (Lipinski definition) is 2. The first-order valence-corrected chi connectivity index (χ1v) is 10.4. The van der Waals surface area contributed by atoms with Crippen LogP contribution in [0.5, 0.6) is 0 Å². The lowest BCUT2D eigenvalue weighted by molar-refractivity contribution is 1.28. The maximum Gasteiger partial charge on any atom is 0.256 e. The number of nitrogens with one attached hydrogen (secondary N) is 1. The topological polar surface area (TPSA) is 45.8 Å². The van der Waals surface area contributed by atoms with Gasteiger partial charge in [-0.3, -0.25) is 4.79 Å². The van der Waals surface area contributed by atoms with E-state index >= 15 is 0 Å². The summed E-state index contributed by atoms with van der Waals surface area (Å²) in [5.41, 5.74) is 6.83. The lowest BCUT2D eigenvalue weighted by Gasteiger charge is -2.11. The van der Waals surface area contributed by atoms with Gasteiger partial charge in [0.2, 0.25) is 0 Å². The molecular weight excluding hydrogens is 404 g/mol. The molecule has 0 saturated carbocycles. The minimum absolute atomic E-state index is 0.122. The molecule has 5 rings (SSSR count). The monoisotopic (exact) mass is 422 g/mol. The molecule has 0 aliphatic heterocycles. The van der Waals surface area contributed by atoms with Crippen LogP contribution in [0.25, 0.3) is 44.5 Å². The molecule has 0 bridgehead atoms. The fraction of sp³-hybridized carbons (Fsp3) is 0.0370. The zero-order valence-electron chi connectivity index (χ0n) is 16.9. The van der Waals surface area contributed by atoms with Crippen molar-refractivity contribution in [2.75, 3.05) is 0 Å². The summed E-state index contributed by atoms with van der Waals surface area (Å²) in [5.74, 6) is 0. The highest BCUT2D eigenvalue weighted by molar-refractivity contribution is 6.30. The normalized spacial score (nSPS) is 11.0. The molecule has 4 heteroatoms. The number of halogens is 1. The van der Waals surface area contributed by atoms with Gasteiger partial charge in [-0.2, -0.15) is 0 Å². The number of aromatic amines is 1.